The maximum Gasteiger partial charge on any atom is 0.244 e. The summed E-state index contributed by atoms with van der Waals surface area (Å²) in [6, 6.07) is 7.44. The Kier molecular flexibility index (Phi) is 5.60. The van der Waals surface area contributed by atoms with Crippen LogP contribution in [0, 0.1) is 0 Å². The summed E-state index contributed by atoms with van der Waals surface area (Å²) in [5.74, 6) is 0.815. The number of piperazine rings is 1. The highest BCUT2D eigenvalue weighted by atomic mass is 35.5. The number of aromatic nitrogens is 3. The first-order valence-electron chi connectivity index (χ1n) is 9.32. The van der Waals surface area contributed by atoms with E-state index in [0.717, 1.165) is 11.1 Å². The molecule has 0 atom stereocenters. The van der Waals surface area contributed by atoms with Crippen LogP contribution >= 0.6 is 11.6 Å². The van der Waals surface area contributed by atoms with Crippen LogP contribution < -0.4 is 9.64 Å². The summed E-state index contributed by atoms with van der Waals surface area (Å²) in [5.41, 5.74) is 10.1. The van der Waals surface area contributed by atoms with Gasteiger partial charge < -0.3 is 14.5 Å². The van der Waals surface area contributed by atoms with Gasteiger partial charge in [-0.2, -0.15) is 5.10 Å². The van der Waals surface area contributed by atoms with Crippen LogP contribution in [0.25, 0.3) is 21.3 Å². The topological polar surface area (TPSA) is 112 Å². The Hall–Kier alpha value is -3.49. The van der Waals surface area contributed by atoms with E-state index in [2.05, 4.69) is 25.0 Å². The number of nitrogens with zero attached hydrogens (tertiary/aromatic N) is 8. The lowest BCUT2D eigenvalue weighted by atomic mass is 10.2. The molecule has 1 aromatic carbocycles. The van der Waals surface area contributed by atoms with Crippen molar-refractivity contribution in [1.82, 2.24) is 19.7 Å². The highest BCUT2D eigenvalue weighted by Gasteiger charge is 2.22. The average molecular weight is 427 g/mol. The lowest BCUT2D eigenvalue weighted by Crippen LogP contribution is -2.49. The number of carbonyl (C=O) groups is 1. The second-order valence-corrected chi connectivity index (χ2v) is 7.18. The van der Waals surface area contributed by atoms with E-state index < -0.39 is 0 Å². The van der Waals surface area contributed by atoms with Crippen LogP contribution in [0.3, 0.4) is 0 Å². The number of carbonyl (C=O) groups excluding carboxylic acids is 1. The number of hydrogen-bond acceptors (Lipinski definition) is 6. The number of rotatable bonds is 5. The van der Waals surface area contributed by atoms with Crippen LogP contribution in [0.2, 0.25) is 5.02 Å². The molecule has 2 aromatic heterocycles. The molecule has 0 aliphatic carbocycles. The van der Waals surface area contributed by atoms with Gasteiger partial charge in [-0.3, -0.25) is 14.5 Å². The summed E-state index contributed by atoms with van der Waals surface area (Å²) < 4.78 is 6.84. The van der Waals surface area contributed by atoms with Gasteiger partial charge in [0.15, 0.2) is 5.82 Å². The molecule has 154 valence electrons. The molecule has 0 radical (unpaired) electrons. The highest BCUT2D eigenvalue weighted by Crippen LogP contribution is 2.30. The van der Waals surface area contributed by atoms with E-state index in [4.69, 9.17) is 21.9 Å². The molecular formula is C19H19ClN8O2. The van der Waals surface area contributed by atoms with E-state index in [1.54, 1.807) is 30.3 Å². The highest BCUT2D eigenvalue weighted by molar-refractivity contribution is 6.32. The molecular weight excluding hydrogens is 408 g/mol. The van der Waals surface area contributed by atoms with E-state index in [-0.39, 0.29) is 18.3 Å². The molecule has 0 bridgehead atoms. The average Bonchev–Trinajstić information content (AvgIpc) is 3.18. The number of methoxy groups -OCH3 is 1. The molecule has 11 heteroatoms. The Morgan fingerprint density at radius 2 is 2.10 bits per heavy atom. The van der Waals surface area contributed by atoms with Crippen LogP contribution in [0.5, 0.6) is 5.75 Å². The maximum absolute atomic E-state index is 12.8. The first kappa shape index (κ1) is 19.8. The third-order valence-electron chi connectivity index (χ3n) is 5.02. The van der Waals surface area contributed by atoms with E-state index in [1.807, 2.05) is 23.1 Å². The number of hydrogen-bond donors (Lipinski definition) is 0. The van der Waals surface area contributed by atoms with Gasteiger partial charge in [-0.05, 0) is 28.8 Å². The fourth-order valence-corrected chi connectivity index (χ4v) is 3.67. The normalized spacial score (nSPS) is 13.9. The van der Waals surface area contributed by atoms with Crippen LogP contribution in [-0.4, -0.2) is 58.9 Å². The van der Waals surface area contributed by atoms with Gasteiger partial charge in [-0.1, -0.05) is 11.6 Å². The minimum Gasteiger partial charge on any atom is -0.495 e. The van der Waals surface area contributed by atoms with E-state index in [1.165, 1.54) is 0 Å². The van der Waals surface area contributed by atoms with Crippen molar-refractivity contribution in [2.75, 3.05) is 38.2 Å². The lowest BCUT2D eigenvalue weighted by molar-refractivity contribution is -0.132. The first-order valence-corrected chi connectivity index (χ1v) is 9.70. The van der Waals surface area contributed by atoms with Crippen LogP contribution in [0.1, 0.15) is 0 Å². The molecule has 1 saturated heterocycles. The minimum atomic E-state index is -0.0190. The summed E-state index contributed by atoms with van der Waals surface area (Å²) in [6.07, 6.45) is 3.30. The Labute approximate surface area is 177 Å². The smallest absolute Gasteiger partial charge is 0.244 e. The van der Waals surface area contributed by atoms with Gasteiger partial charge in [0.2, 0.25) is 5.91 Å². The summed E-state index contributed by atoms with van der Waals surface area (Å²) in [7, 11) is 1.59. The van der Waals surface area contributed by atoms with Crippen molar-refractivity contribution in [2.24, 2.45) is 5.11 Å². The van der Waals surface area contributed by atoms with Gasteiger partial charge in [0, 0.05) is 60.6 Å². The largest absolute Gasteiger partial charge is 0.495 e. The second kappa shape index (κ2) is 8.48. The van der Waals surface area contributed by atoms with Gasteiger partial charge in [-0.25, -0.2) is 0 Å². The van der Waals surface area contributed by atoms with E-state index in [9.17, 15) is 4.79 Å². The first-order chi connectivity index (χ1) is 14.6. The predicted octanol–water partition coefficient (Wildman–Crippen LogP) is 3.38. The molecule has 0 spiro atoms. The zero-order valence-electron chi connectivity index (χ0n) is 16.3. The quantitative estimate of drug-likeness (QED) is 0.352. The van der Waals surface area contributed by atoms with Crippen molar-refractivity contribution in [3.63, 3.8) is 0 Å². The molecule has 10 nitrogen and oxygen atoms in total. The van der Waals surface area contributed by atoms with Crippen LogP contribution in [0.4, 0.5) is 11.5 Å². The number of fused-ring (bicyclic) bond motifs is 1. The Morgan fingerprint density at radius 1 is 1.30 bits per heavy atom. The maximum atomic E-state index is 12.8. The molecule has 0 unspecified atom stereocenters. The fraction of sp³-hybridized carbons (Fsp3) is 0.316. The van der Waals surface area contributed by atoms with Crippen molar-refractivity contribution >= 4 is 39.9 Å². The summed E-state index contributed by atoms with van der Waals surface area (Å²) in [5, 5.41) is 9.24. The monoisotopic (exact) mass is 426 g/mol. The van der Waals surface area contributed by atoms with Crippen molar-refractivity contribution in [1.29, 1.82) is 0 Å². The molecule has 3 aromatic rings. The molecule has 0 N–H and O–H groups in total. The van der Waals surface area contributed by atoms with Gasteiger partial charge >= 0.3 is 0 Å². The van der Waals surface area contributed by atoms with Crippen LogP contribution in [-0.2, 0) is 11.3 Å². The zero-order valence-corrected chi connectivity index (χ0v) is 17.0. The van der Waals surface area contributed by atoms with Gasteiger partial charge in [0.1, 0.15) is 17.8 Å². The summed E-state index contributed by atoms with van der Waals surface area (Å²) in [6.45, 7) is 2.75. The predicted molar refractivity (Wildman–Crippen MR) is 113 cm³/mol. The van der Waals surface area contributed by atoms with Crippen molar-refractivity contribution in [3.05, 3.63) is 52.1 Å². The molecule has 30 heavy (non-hydrogen) atoms. The molecule has 1 amide bonds. The number of amides is 1. The molecule has 3 heterocycles. The van der Waals surface area contributed by atoms with E-state index >= 15 is 0 Å². The fourth-order valence-electron chi connectivity index (χ4n) is 3.48. The van der Waals surface area contributed by atoms with E-state index in [0.29, 0.717) is 42.5 Å². The van der Waals surface area contributed by atoms with Crippen molar-refractivity contribution in [2.45, 2.75) is 6.54 Å². The summed E-state index contributed by atoms with van der Waals surface area (Å²) in [4.78, 5) is 23.6. The molecule has 4 rings (SSSR count). The number of halogens is 1. The lowest BCUT2D eigenvalue weighted by Gasteiger charge is -2.36. The van der Waals surface area contributed by atoms with Crippen molar-refractivity contribution < 1.29 is 9.53 Å². The number of pyridine rings is 1. The number of ether oxygens (including phenoxy) is 1. The molecule has 1 fully saturated rings. The van der Waals surface area contributed by atoms with Gasteiger partial charge in [-0.15, -0.1) is 0 Å². The van der Waals surface area contributed by atoms with Crippen LogP contribution in [0.15, 0.2) is 41.8 Å². The Morgan fingerprint density at radius 3 is 2.83 bits per heavy atom. The van der Waals surface area contributed by atoms with Crippen molar-refractivity contribution in [3.8, 4) is 5.75 Å². The number of benzene rings is 1. The third-order valence-corrected chi connectivity index (χ3v) is 5.33. The minimum absolute atomic E-state index is 0.0190. The second-order valence-electron chi connectivity index (χ2n) is 6.78. The summed E-state index contributed by atoms with van der Waals surface area (Å²) >= 11 is 6.10. The SMILES string of the molecule is COc1cc(N2CCN(C(=O)Cn3cc4ccnc(N=[N+]=[N-])c4n3)CC2)ccc1Cl. The number of anilines is 1. The molecule has 0 saturated carbocycles. The van der Waals surface area contributed by atoms with Gasteiger partial charge in [0.25, 0.3) is 0 Å². The van der Waals surface area contributed by atoms with Gasteiger partial charge in [0.05, 0.1) is 12.1 Å². The molecule has 1 aliphatic rings. The standard InChI is InChI=1S/C19H19ClN8O2/c1-30-16-10-14(2-3-15(16)20)26-6-8-27(9-7-26)17(29)12-28-11-13-4-5-22-19(23-25-21)18(13)24-28/h2-5,10-11H,6-9,12H2,1H3. The Balaban J connectivity index is 1.41. The molecule has 1 aliphatic heterocycles. The zero-order chi connectivity index (χ0) is 21.1. The third kappa shape index (κ3) is 3.96. The number of azide groups is 1. The Bertz CT molecular complexity index is 1130.